The normalized spacial score (nSPS) is 13.5. The zero-order valence-electron chi connectivity index (χ0n) is 18.6. The van der Waals surface area contributed by atoms with Gasteiger partial charge in [0.1, 0.15) is 29.6 Å². The highest BCUT2D eigenvalue weighted by atomic mass is 79.9. The van der Waals surface area contributed by atoms with Gasteiger partial charge in [-0.3, -0.25) is 9.69 Å². The van der Waals surface area contributed by atoms with Gasteiger partial charge in [-0.15, -0.1) is 0 Å². The molecular formula is C27H24BrNO4. The maximum Gasteiger partial charge on any atom is 0.200 e. The molecule has 1 aromatic heterocycles. The number of aryl methyl sites for hydroxylation is 1. The van der Waals surface area contributed by atoms with Gasteiger partial charge in [0.2, 0.25) is 5.43 Å². The molecule has 0 amide bonds. The zero-order chi connectivity index (χ0) is 22.9. The lowest BCUT2D eigenvalue weighted by Gasteiger charge is -2.29. The molecule has 33 heavy (non-hydrogen) atoms. The number of nitrogens with zero attached hydrogens (tertiary/aromatic N) is 1. The van der Waals surface area contributed by atoms with Crippen molar-refractivity contribution in [2.75, 3.05) is 20.4 Å². The molecule has 6 heteroatoms. The number of rotatable bonds is 5. The smallest absolute Gasteiger partial charge is 0.200 e. The van der Waals surface area contributed by atoms with Gasteiger partial charge in [-0.2, -0.15) is 0 Å². The number of fused-ring (bicyclic) bond motifs is 3. The summed E-state index contributed by atoms with van der Waals surface area (Å²) in [5, 5.41) is 0.576. The lowest BCUT2D eigenvalue weighted by Crippen LogP contribution is -2.34. The molecule has 5 nitrogen and oxygen atoms in total. The molecule has 0 saturated heterocycles. The molecule has 4 aromatic rings. The highest BCUT2D eigenvalue weighted by Gasteiger charge is 2.24. The molecule has 0 aliphatic carbocycles. The maximum atomic E-state index is 13.4. The van der Waals surface area contributed by atoms with E-state index in [1.54, 1.807) is 7.11 Å². The van der Waals surface area contributed by atoms with Crippen LogP contribution in [-0.4, -0.2) is 25.3 Å². The second-order valence-electron chi connectivity index (χ2n) is 8.18. The van der Waals surface area contributed by atoms with E-state index in [1.807, 2.05) is 61.5 Å². The number of hydrogen-bond donors (Lipinski definition) is 0. The van der Waals surface area contributed by atoms with E-state index in [2.05, 4.69) is 26.9 Å². The first-order valence-corrected chi connectivity index (χ1v) is 11.7. The summed E-state index contributed by atoms with van der Waals surface area (Å²) in [5.74, 6) is 2.27. The van der Waals surface area contributed by atoms with Gasteiger partial charge < -0.3 is 13.9 Å². The van der Waals surface area contributed by atoms with Crippen molar-refractivity contribution in [2.24, 2.45) is 0 Å². The molecule has 3 aromatic carbocycles. The lowest BCUT2D eigenvalue weighted by atomic mass is 10.0. The average Bonchev–Trinajstić information content (AvgIpc) is 2.84. The van der Waals surface area contributed by atoms with E-state index in [0.717, 1.165) is 45.6 Å². The minimum absolute atomic E-state index is 0.0231. The topological polar surface area (TPSA) is 51.9 Å². The van der Waals surface area contributed by atoms with Crippen molar-refractivity contribution in [3.63, 3.8) is 0 Å². The van der Waals surface area contributed by atoms with E-state index in [0.29, 0.717) is 35.6 Å². The van der Waals surface area contributed by atoms with Crippen LogP contribution in [0.15, 0.2) is 74.3 Å². The third kappa shape index (κ3) is 4.16. The van der Waals surface area contributed by atoms with Crippen molar-refractivity contribution in [3.8, 4) is 22.6 Å². The molecule has 0 saturated carbocycles. The summed E-state index contributed by atoms with van der Waals surface area (Å²) in [6.45, 7) is 3.80. The van der Waals surface area contributed by atoms with Gasteiger partial charge in [-0.1, -0.05) is 46.3 Å². The predicted octanol–water partition coefficient (Wildman–Crippen LogP) is 5.93. The summed E-state index contributed by atoms with van der Waals surface area (Å²) in [6.07, 6.45) is 0.837. The fourth-order valence-electron chi connectivity index (χ4n) is 4.40. The number of methoxy groups -OCH3 is 1. The second-order valence-corrected chi connectivity index (χ2v) is 9.09. The van der Waals surface area contributed by atoms with Gasteiger partial charge in [0.25, 0.3) is 0 Å². The van der Waals surface area contributed by atoms with Crippen LogP contribution in [0, 0.1) is 6.92 Å². The van der Waals surface area contributed by atoms with Gasteiger partial charge in [0.05, 0.1) is 23.6 Å². The Bertz CT molecular complexity index is 1380. The fourth-order valence-corrected chi connectivity index (χ4v) is 4.67. The van der Waals surface area contributed by atoms with E-state index >= 15 is 0 Å². The first-order valence-electron chi connectivity index (χ1n) is 10.9. The van der Waals surface area contributed by atoms with Crippen molar-refractivity contribution in [2.45, 2.75) is 19.9 Å². The minimum Gasteiger partial charge on any atom is -0.496 e. The third-order valence-electron chi connectivity index (χ3n) is 6.10. The SMILES string of the molecule is COc1ccccc1CCN1COc2ccc3c(=O)c(-c4ccc(Br)cc4)c(C)oc3c2C1. The quantitative estimate of drug-likeness (QED) is 0.336. The molecular weight excluding hydrogens is 482 g/mol. The number of benzene rings is 3. The molecule has 2 heterocycles. The number of para-hydroxylation sites is 1. The Kier molecular flexibility index (Phi) is 5.96. The van der Waals surface area contributed by atoms with Gasteiger partial charge in [-0.25, -0.2) is 0 Å². The minimum atomic E-state index is -0.0231. The summed E-state index contributed by atoms with van der Waals surface area (Å²) in [7, 11) is 1.69. The molecule has 0 bridgehead atoms. The largest absolute Gasteiger partial charge is 0.496 e. The van der Waals surface area contributed by atoms with E-state index in [1.165, 1.54) is 0 Å². The predicted molar refractivity (Wildman–Crippen MR) is 133 cm³/mol. The average molecular weight is 506 g/mol. The Balaban J connectivity index is 1.47. The van der Waals surface area contributed by atoms with Crippen LogP contribution in [0.25, 0.3) is 22.1 Å². The summed E-state index contributed by atoms with van der Waals surface area (Å²) in [4.78, 5) is 15.7. The van der Waals surface area contributed by atoms with Crippen LogP contribution in [0.4, 0.5) is 0 Å². The first-order chi connectivity index (χ1) is 16.0. The second kappa shape index (κ2) is 9.04. The van der Waals surface area contributed by atoms with Crippen molar-refractivity contribution < 1.29 is 13.9 Å². The molecule has 168 valence electrons. The van der Waals surface area contributed by atoms with E-state index in [4.69, 9.17) is 13.9 Å². The monoisotopic (exact) mass is 505 g/mol. The molecule has 0 fully saturated rings. The highest BCUT2D eigenvalue weighted by Crippen LogP contribution is 2.34. The Morgan fingerprint density at radius 3 is 2.64 bits per heavy atom. The molecule has 0 atom stereocenters. The standard InChI is InChI=1S/C27H24BrNO4/c1-17-25(19-7-9-20(28)10-8-19)26(30)21-11-12-24-22(27(21)33-17)15-29(16-32-24)14-13-18-5-3-4-6-23(18)31-2/h3-12H,13-16H2,1-2H3. The Hall–Kier alpha value is -3.09. The molecule has 5 rings (SSSR count). The van der Waals surface area contributed by atoms with Crippen molar-refractivity contribution in [1.82, 2.24) is 4.90 Å². The molecule has 0 N–H and O–H groups in total. The van der Waals surface area contributed by atoms with E-state index in [9.17, 15) is 4.79 Å². The van der Waals surface area contributed by atoms with Crippen LogP contribution in [0.2, 0.25) is 0 Å². The molecule has 0 unspecified atom stereocenters. The maximum absolute atomic E-state index is 13.4. The summed E-state index contributed by atoms with van der Waals surface area (Å²) < 4.78 is 18.7. The Morgan fingerprint density at radius 2 is 1.85 bits per heavy atom. The van der Waals surface area contributed by atoms with Crippen LogP contribution in [0.5, 0.6) is 11.5 Å². The third-order valence-corrected chi connectivity index (χ3v) is 6.63. The Morgan fingerprint density at radius 1 is 1.06 bits per heavy atom. The summed E-state index contributed by atoms with van der Waals surface area (Å²) in [6, 6.07) is 19.5. The van der Waals surface area contributed by atoms with Crippen LogP contribution >= 0.6 is 15.9 Å². The van der Waals surface area contributed by atoms with E-state index < -0.39 is 0 Å². The molecule has 0 spiro atoms. The van der Waals surface area contributed by atoms with Crippen molar-refractivity contribution in [1.29, 1.82) is 0 Å². The molecule has 1 aliphatic rings. The van der Waals surface area contributed by atoms with Crippen LogP contribution in [0.1, 0.15) is 16.9 Å². The number of hydrogen-bond acceptors (Lipinski definition) is 5. The number of halogens is 1. The van der Waals surface area contributed by atoms with Gasteiger partial charge >= 0.3 is 0 Å². The highest BCUT2D eigenvalue weighted by molar-refractivity contribution is 9.10. The van der Waals surface area contributed by atoms with Gasteiger partial charge in [0.15, 0.2) is 0 Å². The number of ether oxygens (including phenoxy) is 2. The van der Waals surface area contributed by atoms with Crippen LogP contribution in [-0.2, 0) is 13.0 Å². The lowest BCUT2D eigenvalue weighted by molar-refractivity contribution is 0.0966. The summed E-state index contributed by atoms with van der Waals surface area (Å²) in [5.41, 5.74) is 4.10. The fraction of sp³-hybridized carbons (Fsp3) is 0.222. The Labute approximate surface area is 200 Å². The van der Waals surface area contributed by atoms with Crippen molar-refractivity contribution in [3.05, 3.63) is 92.2 Å². The van der Waals surface area contributed by atoms with Gasteiger partial charge in [0, 0.05) is 17.6 Å². The molecule has 1 aliphatic heterocycles. The van der Waals surface area contributed by atoms with Gasteiger partial charge in [-0.05, 0) is 54.8 Å². The first kappa shape index (κ1) is 21.7. The molecule has 0 radical (unpaired) electrons. The van der Waals surface area contributed by atoms with E-state index in [-0.39, 0.29) is 5.43 Å². The van der Waals surface area contributed by atoms with Crippen molar-refractivity contribution >= 4 is 26.9 Å². The summed E-state index contributed by atoms with van der Waals surface area (Å²) >= 11 is 3.45. The van der Waals surface area contributed by atoms with Crippen LogP contribution < -0.4 is 14.9 Å². The van der Waals surface area contributed by atoms with Crippen LogP contribution in [0.3, 0.4) is 0 Å². The zero-order valence-corrected chi connectivity index (χ0v) is 20.1.